The highest BCUT2D eigenvalue weighted by molar-refractivity contribution is 6.29. The second-order valence-electron chi connectivity index (χ2n) is 3.95. The van der Waals surface area contributed by atoms with E-state index in [-0.39, 0.29) is 22.3 Å². The van der Waals surface area contributed by atoms with Crippen LogP contribution < -0.4 is 5.32 Å². The van der Waals surface area contributed by atoms with Gasteiger partial charge in [-0.3, -0.25) is 9.78 Å². The van der Waals surface area contributed by atoms with E-state index < -0.39 is 0 Å². The van der Waals surface area contributed by atoms with Crippen LogP contribution >= 0.6 is 11.6 Å². The molecule has 0 fully saturated rings. The van der Waals surface area contributed by atoms with Gasteiger partial charge in [-0.15, -0.1) is 0 Å². The van der Waals surface area contributed by atoms with E-state index in [0.717, 1.165) is 12.8 Å². The monoisotopic (exact) mass is 241 g/mol. The van der Waals surface area contributed by atoms with Crippen molar-refractivity contribution in [2.75, 3.05) is 0 Å². The summed E-state index contributed by atoms with van der Waals surface area (Å²) in [5.41, 5.74) is 0.0433. The number of hydrogen-bond acceptors (Lipinski definition) is 3. The van der Waals surface area contributed by atoms with Gasteiger partial charge in [0.05, 0.1) is 12.4 Å². The fourth-order valence-corrected chi connectivity index (χ4v) is 1.36. The van der Waals surface area contributed by atoms with Gasteiger partial charge in [-0.05, 0) is 19.8 Å². The number of carbonyl (C=O) groups is 1. The van der Waals surface area contributed by atoms with Gasteiger partial charge < -0.3 is 5.32 Å². The summed E-state index contributed by atoms with van der Waals surface area (Å²) >= 11 is 5.67. The molecule has 0 unspecified atom stereocenters. The molecule has 0 saturated carbocycles. The molecule has 0 spiro atoms. The third-order valence-electron chi connectivity index (χ3n) is 2.81. The van der Waals surface area contributed by atoms with E-state index >= 15 is 0 Å². The molecule has 88 valence electrons. The molecule has 0 bridgehead atoms. The third-order valence-corrected chi connectivity index (χ3v) is 3.00. The van der Waals surface area contributed by atoms with Gasteiger partial charge in [-0.1, -0.05) is 25.4 Å². The highest BCUT2D eigenvalue weighted by Crippen LogP contribution is 2.14. The lowest BCUT2D eigenvalue weighted by Crippen LogP contribution is -2.45. The quantitative estimate of drug-likeness (QED) is 0.881. The third kappa shape index (κ3) is 3.17. The lowest BCUT2D eigenvalue weighted by Gasteiger charge is -2.27. The topological polar surface area (TPSA) is 54.9 Å². The van der Waals surface area contributed by atoms with Crippen LogP contribution in [0.3, 0.4) is 0 Å². The molecule has 1 rings (SSSR count). The van der Waals surface area contributed by atoms with Gasteiger partial charge in [-0.25, -0.2) is 4.98 Å². The number of halogens is 1. The van der Waals surface area contributed by atoms with Crippen molar-refractivity contribution in [2.45, 2.75) is 39.2 Å². The molecular weight excluding hydrogens is 226 g/mol. The Morgan fingerprint density at radius 2 is 2.06 bits per heavy atom. The van der Waals surface area contributed by atoms with Gasteiger partial charge in [0.1, 0.15) is 10.8 Å². The van der Waals surface area contributed by atoms with E-state index in [1.165, 1.54) is 12.4 Å². The Morgan fingerprint density at radius 3 is 2.56 bits per heavy atom. The number of hydrogen-bond donors (Lipinski definition) is 1. The first kappa shape index (κ1) is 12.9. The van der Waals surface area contributed by atoms with Crippen molar-refractivity contribution >= 4 is 17.5 Å². The molecule has 0 aliphatic carbocycles. The van der Waals surface area contributed by atoms with Gasteiger partial charge in [-0.2, -0.15) is 0 Å². The molecule has 0 radical (unpaired) electrons. The van der Waals surface area contributed by atoms with Crippen LogP contribution in [0.15, 0.2) is 12.4 Å². The summed E-state index contributed by atoms with van der Waals surface area (Å²) in [7, 11) is 0. The minimum Gasteiger partial charge on any atom is -0.346 e. The summed E-state index contributed by atoms with van der Waals surface area (Å²) < 4.78 is 0. The van der Waals surface area contributed by atoms with Crippen molar-refractivity contribution < 1.29 is 4.79 Å². The number of rotatable bonds is 4. The smallest absolute Gasteiger partial charge is 0.271 e. The van der Waals surface area contributed by atoms with Crippen molar-refractivity contribution in [3.8, 4) is 0 Å². The molecule has 0 saturated heterocycles. The van der Waals surface area contributed by atoms with Crippen LogP contribution in [-0.4, -0.2) is 21.4 Å². The Balaban J connectivity index is 2.80. The molecule has 0 aliphatic heterocycles. The normalized spacial score (nSPS) is 11.2. The molecule has 1 aromatic heterocycles. The molecule has 0 atom stereocenters. The van der Waals surface area contributed by atoms with E-state index in [1.54, 1.807) is 0 Å². The Morgan fingerprint density at radius 1 is 1.44 bits per heavy atom. The summed E-state index contributed by atoms with van der Waals surface area (Å²) in [5, 5.41) is 3.16. The van der Waals surface area contributed by atoms with Crippen molar-refractivity contribution in [1.29, 1.82) is 0 Å². The average molecular weight is 242 g/mol. The van der Waals surface area contributed by atoms with Crippen LogP contribution in [-0.2, 0) is 0 Å². The van der Waals surface area contributed by atoms with E-state index in [2.05, 4.69) is 15.3 Å². The average Bonchev–Trinajstić information content (AvgIpc) is 2.29. The highest BCUT2D eigenvalue weighted by atomic mass is 35.5. The number of amides is 1. The number of aromatic nitrogens is 2. The Kier molecular flexibility index (Phi) is 4.24. The van der Waals surface area contributed by atoms with Gasteiger partial charge in [0.25, 0.3) is 5.91 Å². The van der Waals surface area contributed by atoms with Gasteiger partial charge >= 0.3 is 0 Å². The lowest BCUT2D eigenvalue weighted by molar-refractivity contribution is 0.0895. The zero-order valence-electron chi connectivity index (χ0n) is 9.75. The van der Waals surface area contributed by atoms with Crippen LogP contribution in [0.5, 0.6) is 0 Å². The van der Waals surface area contributed by atoms with Crippen LogP contribution in [0, 0.1) is 0 Å². The summed E-state index contributed by atoms with van der Waals surface area (Å²) in [6.45, 7) is 6.07. The first-order valence-electron chi connectivity index (χ1n) is 5.31. The summed E-state index contributed by atoms with van der Waals surface area (Å²) in [6, 6.07) is 0. The Hall–Kier alpha value is -1.16. The van der Waals surface area contributed by atoms with Gasteiger partial charge in [0, 0.05) is 5.54 Å². The fraction of sp³-hybridized carbons (Fsp3) is 0.545. The maximum absolute atomic E-state index is 11.9. The maximum atomic E-state index is 11.9. The van der Waals surface area contributed by atoms with Crippen LogP contribution in [0.25, 0.3) is 0 Å². The molecule has 4 nitrogen and oxygen atoms in total. The highest BCUT2D eigenvalue weighted by Gasteiger charge is 2.23. The minimum absolute atomic E-state index is 0.207. The summed E-state index contributed by atoms with van der Waals surface area (Å²) in [4.78, 5) is 19.6. The summed E-state index contributed by atoms with van der Waals surface area (Å²) in [5.74, 6) is -0.235. The van der Waals surface area contributed by atoms with Crippen molar-refractivity contribution in [1.82, 2.24) is 15.3 Å². The second kappa shape index (κ2) is 5.25. The van der Waals surface area contributed by atoms with Crippen LogP contribution in [0.1, 0.15) is 44.1 Å². The molecule has 1 heterocycles. The van der Waals surface area contributed by atoms with Gasteiger partial charge in [0.2, 0.25) is 0 Å². The predicted molar refractivity (Wildman–Crippen MR) is 63.5 cm³/mol. The van der Waals surface area contributed by atoms with E-state index in [0.29, 0.717) is 0 Å². The second-order valence-corrected chi connectivity index (χ2v) is 4.34. The number of nitrogens with one attached hydrogen (secondary N) is 1. The standard InChI is InChI=1S/C11H16ClN3O/c1-4-11(3,5-2)15-10(16)8-6-13-7-9(12)14-8/h6-7H,4-5H2,1-3H3,(H,15,16). The van der Waals surface area contributed by atoms with E-state index in [9.17, 15) is 4.79 Å². The molecular formula is C11H16ClN3O. The first-order chi connectivity index (χ1) is 7.50. The van der Waals surface area contributed by atoms with Crippen molar-refractivity contribution in [2.24, 2.45) is 0 Å². The van der Waals surface area contributed by atoms with Crippen molar-refractivity contribution in [3.05, 3.63) is 23.2 Å². The van der Waals surface area contributed by atoms with Crippen molar-refractivity contribution in [3.63, 3.8) is 0 Å². The van der Waals surface area contributed by atoms with Gasteiger partial charge in [0.15, 0.2) is 0 Å². The van der Waals surface area contributed by atoms with E-state index in [4.69, 9.17) is 11.6 Å². The Labute approximate surface area is 100 Å². The molecule has 1 amide bonds. The first-order valence-corrected chi connectivity index (χ1v) is 5.68. The van der Waals surface area contributed by atoms with E-state index in [1.807, 2.05) is 20.8 Å². The Bertz CT molecular complexity index is 377. The summed E-state index contributed by atoms with van der Waals surface area (Å²) in [6.07, 6.45) is 4.54. The molecule has 0 aromatic carbocycles. The number of carbonyl (C=O) groups excluding carboxylic acids is 1. The fourth-order valence-electron chi connectivity index (χ4n) is 1.22. The molecule has 1 aromatic rings. The molecule has 16 heavy (non-hydrogen) atoms. The molecule has 1 N–H and O–H groups in total. The largest absolute Gasteiger partial charge is 0.346 e. The maximum Gasteiger partial charge on any atom is 0.271 e. The van der Waals surface area contributed by atoms with Crippen LogP contribution in [0.4, 0.5) is 0 Å². The molecule has 5 heteroatoms. The zero-order chi connectivity index (χ0) is 12.2. The van der Waals surface area contributed by atoms with Crippen LogP contribution in [0.2, 0.25) is 5.15 Å². The SMILES string of the molecule is CCC(C)(CC)NC(=O)c1cncc(Cl)n1. The predicted octanol–water partition coefficient (Wildman–Crippen LogP) is 2.44. The lowest BCUT2D eigenvalue weighted by atomic mass is 9.95. The minimum atomic E-state index is -0.235. The molecule has 0 aliphatic rings. The zero-order valence-corrected chi connectivity index (χ0v) is 10.5. The number of nitrogens with zero attached hydrogens (tertiary/aromatic N) is 2.